The molecule has 3 aliphatic rings. The summed E-state index contributed by atoms with van der Waals surface area (Å²) in [5.41, 5.74) is 0. The van der Waals surface area contributed by atoms with Crippen molar-refractivity contribution in [2.24, 2.45) is 0 Å². The fraction of sp³-hybridized carbons (Fsp3) is 0.987. The highest BCUT2D eigenvalue weighted by molar-refractivity contribution is 5.76. The first kappa shape index (κ1) is 89.0. The van der Waals surface area contributed by atoms with Gasteiger partial charge in [-0.25, -0.2) is 0 Å². The van der Waals surface area contributed by atoms with E-state index < -0.39 is 124 Å². The van der Waals surface area contributed by atoms with E-state index in [9.17, 15) is 61.0 Å². The zero-order valence-electron chi connectivity index (χ0n) is 60.9. The number of ether oxygens (including phenoxy) is 6. The zero-order chi connectivity index (χ0) is 69.6. The van der Waals surface area contributed by atoms with Crippen LogP contribution in [-0.2, 0) is 33.2 Å². The largest absolute Gasteiger partial charge is 0.394 e. The van der Waals surface area contributed by atoms with E-state index in [4.69, 9.17) is 28.4 Å². The predicted molar refractivity (Wildman–Crippen MR) is 379 cm³/mol. The number of amides is 1. The molecule has 1 amide bonds. The van der Waals surface area contributed by atoms with E-state index in [-0.39, 0.29) is 18.9 Å². The van der Waals surface area contributed by atoms with Crippen LogP contribution in [0.15, 0.2) is 0 Å². The number of nitrogens with one attached hydrogen (secondary N) is 1. The first-order valence-corrected chi connectivity index (χ1v) is 40.3. The topological polar surface area (TPSA) is 307 Å². The van der Waals surface area contributed by atoms with Crippen LogP contribution >= 0.6 is 0 Å². The molecule has 3 saturated heterocycles. The molecule has 0 aromatic carbocycles. The molecule has 0 aliphatic carbocycles. The molecule has 17 unspecified atom stereocenters. The average Bonchev–Trinajstić information content (AvgIpc) is 0.786. The van der Waals surface area contributed by atoms with Gasteiger partial charge in [0, 0.05) is 6.42 Å². The summed E-state index contributed by atoms with van der Waals surface area (Å²) in [5, 5.41) is 121. The van der Waals surface area contributed by atoms with Gasteiger partial charge in [0.15, 0.2) is 18.9 Å². The molecule has 12 N–H and O–H groups in total. The van der Waals surface area contributed by atoms with Gasteiger partial charge in [-0.05, 0) is 12.8 Å². The number of carbonyl (C=O) groups is 1. The van der Waals surface area contributed by atoms with Crippen molar-refractivity contribution < 1.29 is 89.4 Å². The lowest BCUT2D eigenvalue weighted by Gasteiger charge is -2.48. The lowest BCUT2D eigenvalue weighted by molar-refractivity contribution is -0.379. The van der Waals surface area contributed by atoms with E-state index >= 15 is 0 Å². The van der Waals surface area contributed by atoms with E-state index in [2.05, 4.69) is 19.2 Å². The summed E-state index contributed by atoms with van der Waals surface area (Å²) in [4.78, 5) is 13.5. The van der Waals surface area contributed by atoms with Crippen molar-refractivity contribution in [3.63, 3.8) is 0 Å². The minimum Gasteiger partial charge on any atom is -0.394 e. The van der Waals surface area contributed by atoms with Gasteiger partial charge in [-0.3, -0.25) is 4.79 Å². The molecular formula is C77H149NO18. The molecule has 96 heavy (non-hydrogen) atoms. The van der Waals surface area contributed by atoms with Gasteiger partial charge < -0.3 is 89.9 Å². The maximum absolute atomic E-state index is 13.5. The Morgan fingerprint density at radius 2 is 0.594 bits per heavy atom. The van der Waals surface area contributed by atoms with Crippen LogP contribution in [0.4, 0.5) is 0 Å². The fourth-order valence-electron chi connectivity index (χ4n) is 14.2. The fourth-order valence-corrected chi connectivity index (χ4v) is 14.2. The van der Waals surface area contributed by atoms with E-state index in [0.29, 0.717) is 12.8 Å². The maximum Gasteiger partial charge on any atom is 0.220 e. The molecule has 0 aromatic heterocycles. The second kappa shape index (κ2) is 59.2. The molecular weight excluding hydrogens is 1230 g/mol. The molecule has 0 saturated carbocycles. The second-order valence-electron chi connectivity index (χ2n) is 29.2. The Kier molecular flexibility index (Phi) is 54.9. The van der Waals surface area contributed by atoms with Crippen LogP contribution in [-0.4, -0.2) is 193 Å². The Morgan fingerprint density at radius 3 is 0.906 bits per heavy atom. The summed E-state index contributed by atoms with van der Waals surface area (Å²) in [6.45, 7) is 1.87. The predicted octanol–water partition coefficient (Wildman–Crippen LogP) is 13.0. The van der Waals surface area contributed by atoms with Crippen LogP contribution in [0.25, 0.3) is 0 Å². The monoisotopic (exact) mass is 1380 g/mol. The standard InChI is InChI=1S/C77H149NO18/c1-3-5-7-9-11-13-15-17-19-21-23-25-26-27-28-29-30-31-32-33-34-35-37-39-41-43-45-47-49-51-53-55-65(83)78-60(61(82)54-52-50-48-46-44-42-40-38-36-24-22-20-18-16-14-12-10-8-6-4-2)59-91-75-71(89)68(86)73(63(57-80)93-75)96-77-72(90)69(87)74(64(58-81)94-77)95-76-70(88)67(85)66(84)62(56-79)92-76/h60-64,66-77,79-82,84-90H,3-59H2,1-2H3,(H,78,83). The summed E-state index contributed by atoms with van der Waals surface area (Å²) in [6.07, 6.45) is 40.6. The van der Waals surface area contributed by atoms with Crippen molar-refractivity contribution in [2.75, 3.05) is 26.4 Å². The number of carbonyl (C=O) groups excluding carboxylic acids is 1. The molecule has 19 heteroatoms. The first-order valence-electron chi connectivity index (χ1n) is 40.3. The van der Waals surface area contributed by atoms with Gasteiger partial charge in [0.05, 0.1) is 38.6 Å². The van der Waals surface area contributed by atoms with Crippen LogP contribution in [0.2, 0.25) is 0 Å². The smallest absolute Gasteiger partial charge is 0.220 e. The number of aliphatic hydroxyl groups is 11. The van der Waals surface area contributed by atoms with Crippen molar-refractivity contribution in [3.05, 3.63) is 0 Å². The minimum absolute atomic E-state index is 0.233. The van der Waals surface area contributed by atoms with Crippen LogP contribution in [0.5, 0.6) is 0 Å². The lowest BCUT2D eigenvalue weighted by Crippen LogP contribution is -2.66. The Hall–Kier alpha value is -1.21. The van der Waals surface area contributed by atoms with Gasteiger partial charge in [0.2, 0.25) is 5.91 Å². The molecule has 3 heterocycles. The highest BCUT2D eigenvalue weighted by Crippen LogP contribution is 2.33. The summed E-state index contributed by atoms with van der Waals surface area (Å²) < 4.78 is 34.5. The summed E-state index contributed by atoms with van der Waals surface area (Å²) >= 11 is 0. The second-order valence-corrected chi connectivity index (χ2v) is 29.2. The maximum atomic E-state index is 13.5. The first-order chi connectivity index (χ1) is 46.8. The highest BCUT2D eigenvalue weighted by Gasteiger charge is 2.54. The number of unbranched alkanes of at least 4 members (excludes halogenated alkanes) is 49. The van der Waals surface area contributed by atoms with Crippen molar-refractivity contribution >= 4 is 5.91 Å². The van der Waals surface area contributed by atoms with Gasteiger partial charge in [0.1, 0.15) is 73.2 Å². The van der Waals surface area contributed by atoms with Crippen LogP contribution in [0.3, 0.4) is 0 Å². The van der Waals surface area contributed by atoms with Gasteiger partial charge in [-0.1, -0.05) is 335 Å². The third-order valence-electron chi connectivity index (χ3n) is 20.7. The Bertz CT molecular complexity index is 1740. The quantitative estimate of drug-likeness (QED) is 0.0252. The Morgan fingerprint density at radius 1 is 0.333 bits per heavy atom. The summed E-state index contributed by atoms with van der Waals surface area (Å²) in [5.74, 6) is -0.233. The van der Waals surface area contributed by atoms with Crippen LogP contribution < -0.4 is 5.32 Å². The Balaban J connectivity index is 1.35. The molecule has 3 rings (SSSR count). The van der Waals surface area contributed by atoms with E-state index in [1.165, 1.54) is 276 Å². The van der Waals surface area contributed by atoms with Crippen LogP contribution in [0.1, 0.15) is 354 Å². The van der Waals surface area contributed by atoms with Crippen molar-refractivity contribution in [3.8, 4) is 0 Å². The molecule has 0 spiro atoms. The van der Waals surface area contributed by atoms with E-state index in [1.807, 2.05) is 0 Å². The van der Waals surface area contributed by atoms with Gasteiger partial charge in [0.25, 0.3) is 0 Å². The van der Waals surface area contributed by atoms with Gasteiger partial charge >= 0.3 is 0 Å². The van der Waals surface area contributed by atoms with Gasteiger partial charge in [-0.2, -0.15) is 0 Å². The van der Waals surface area contributed by atoms with E-state index in [1.54, 1.807) is 0 Å². The third-order valence-corrected chi connectivity index (χ3v) is 20.7. The van der Waals surface area contributed by atoms with Crippen molar-refractivity contribution in [1.82, 2.24) is 5.32 Å². The Labute approximate surface area is 583 Å². The van der Waals surface area contributed by atoms with Gasteiger partial charge in [-0.15, -0.1) is 0 Å². The molecule has 570 valence electrons. The summed E-state index contributed by atoms with van der Waals surface area (Å²) in [7, 11) is 0. The molecule has 3 aliphatic heterocycles. The number of rotatable bonds is 65. The third kappa shape index (κ3) is 39.4. The van der Waals surface area contributed by atoms with Crippen molar-refractivity contribution in [1.29, 1.82) is 0 Å². The van der Waals surface area contributed by atoms with E-state index in [0.717, 1.165) is 44.9 Å². The highest BCUT2D eigenvalue weighted by atomic mass is 16.8. The average molecular weight is 1380 g/mol. The number of hydrogen-bond acceptors (Lipinski definition) is 18. The molecule has 3 fully saturated rings. The lowest BCUT2D eigenvalue weighted by atomic mass is 9.96. The van der Waals surface area contributed by atoms with Crippen LogP contribution in [0, 0.1) is 0 Å². The molecule has 0 aromatic rings. The molecule has 17 atom stereocenters. The number of aliphatic hydroxyl groups excluding tert-OH is 11. The zero-order valence-corrected chi connectivity index (χ0v) is 60.9. The molecule has 19 nitrogen and oxygen atoms in total. The summed E-state index contributed by atoms with van der Waals surface area (Å²) in [6, 6.07) is -0.883. The molecule has 0 radical (unpaired) electrons. The minimum atomic E-state index is -1.97. The number of hydrogen-bond donors (Lipinski definition) is 12. The molecule has 0 bridgehead atoms. The SMILES string of the molecule is CCCCCCCCCCCCCCCCCCCCCCCCCCCCCCCCCC(=O)NC(COC1OC(CO)C(OC2OC(CO)C(OC3OC(CO)C(O)C(O)C3O)C(O)C2O)C(O)C1O)C(O)CCCCCCCCCCCCCCCCCCCCCC. The van der Waals surface area contributed by atoms with Crippen molar-refractivity contribution in [2.45, 2.75) is 458 Å². The normalized spacial score (nSPS) is 26.9.